The highest BCUT2D eigenvalue weighted by atomic mass is 16.5. The van der Waals surface area contributed by atoms with Crippen LogP contribution in [0.25, 0.3) is 0 Å². The van der Waals surface area contributed by atoms with E-state index in [-0.39, 0.29) is 11.6 Å². The summed E-state index contributed by atoms with van der Waals surface area (Å²) < 4.78 is 5.37. The molecule has 0 bridgehead atoms. The predicted octanol–water partition coefficient (Wildman–Crippen LogP) is 1.22. The van der Waals surface area contributed by atoms with Gasteiger partial charge in [-0.25, -0.2) is 0 Å². The lowest BCUT2D eigenvalue weighted by molar-refractivity contribution is -0.0277. The first-order valence-corrected chi connectivity index (χ1v) is 5.73. The number of nitrogens with zero attached hydrogens (tertiary/aromatic N) is 1. The van der Waals surface area contributed by atoms with Crippen LogP contribution in [0.2, 0.25) is 0 Å². The number of hydrogen-bond donors (Lipinski definition) is 1. The standard InChI is InChI=1S/C11H24N2O/c1-4-10(12)11(3,5-2)13-6-8-14-9-7-13/h10H,4-9,12H2,1-3H3. The lowest BCUT2D eigenvalue weighted by Crippen LogP contribution is -2.60. The zero-order valence-corrected chi connectivity index (χ0v) is 9.75. The van der Waals surface area contributed by atoms with E-state index in [9.17, 15) is 0 Å². The Balaban J connectivity index is 2.65. The molecule has 1 aliphatic heterocycles. The SMILES string of the molecule is CCC(N)C(C)(CC)N1CCOCC1. The van der Waals surface area contributed by atoms with Crippen molar-refractivity contribution in [2.75, 3.05) is 26.3 Å². The largest absolute Gasteiger partial charge is 0.379 e. The van der Waals surface area contributed by atoms with Gasteiger partial charge in [0.15, 0.2) is 0 Å². The number of morpholine rings is 1. The van der Waals surface area contributed by atoms with Crippen molar-refractivity contribution < 1.29 is 4.74 Å². The fourth-order valence-corrected chi connectivity index (χ4v) is 2.23. The Hall–Kier alpha value is -0.120. The molecule has 84 valence electrons. The van der Waals surface area contributed by atoms with Gasteiger partial charge in [0, 0.05) is 24.7 Å². The van der Waals surface area contributed by atoms with Crippen LogP contribution < -0.4 is 5.73 Å². The number of rotatable bonds is 4. The topological polar surface area (TPSA) is 38.5 Å². The monoisotopic (exact) mass is 200 g/mol. The van der Waals surface area contributed by atoms with E-state index in [1.165, 1.54) is 0 Å². The maximum Gasteiger partial charge on any atom is 0.0594 e. The van der Waals surface area contributed by atoms with Crippen molar-refractivity contribution in [2.24, 2.45) is 5.73 Å². The summed E-state index contributed by atoms with van der Waals surface area (Å²) in [7, 11) is 0. The first-order valence-electron chi connectivity index (χ1n) is 5.73. The van der Waals surface area contributed by atoms with Gasteiger partial charge in [0.2, 0.25) is 0 Å². The van der Waals surface area contributed by atoms with E-state index in [2.05, 4.69) is 25.7 Å². The molecule has 1 aliphatic rings. The summed E-state index contributed by atoms with van der Waals surface area (Å²) in [6, 6.07) is 0.269. The molecule has 1 saturated heterocycles. The van der Waals surface area contributed by atoms with Crippen molar-refractivity contribution in [3.63, 3.8) is 0 Å². The molecule has 0 saturated carbocycles. The second kappa shape index (κ2) is 5.10. The highest BCUT2D eigenvalue weighted by Crippen LogP contribution is 2.25. The summed E-state index contributed by atoms with van der Waals surface area (Å²) in [5.74, 6) is 0. The summed E-state index contributed by atoms with van der Waals surface area (Å²) in [6.07, 6.45) is 2.16. The van der Waals surface area contributed by atoms with Gasteiger partial charge in [-0.05, 0) is 19.8 Å². The molecule has 0 aromatic heterocycles. The smallest absolute Gasteiger partial charge is 0.0594 e. The summed E-state index contributed by atoms with van der Waals surface area (Å²) in [5, 5.41) is 0. The van der Waals surface area contributed by atoms with Gasteiger partial charge < -0.3 is 10.5 Å². The van der Waals surface area contributed by atoms with E-state index in [0.717, 1.165) is 39.1 Å². The van der Waals surface area contributed by atoms with Gasteiger partial charge in [-0.15, -0.1) is 0 Å². The van der Waals surface area contributed by atoms with Crippen LogP contribution in [0.1, 0.15) is 33.6 Å². The van der Waals surface area contributed by atoms with Gasteiger partial charge in [0.25, 0.3) is 0 Å². The Morgan fingerprint density at radius 1 is 1.36 bits per heavy atom. The molecule has 2 atom stereocenters. The zero-order valence-electron chi connectivity index (χ0n) is 9.75. The van der Waals surface area contributed by atoms with Crippen molar-refractivity contribution in [3.05, 3.63) is 0 Å². The van der Waals surface area contributed by atoms with Crippen LogP contribution in [0.4, 0.5) is 0 Å². The zero-order chi connectivity index (χ0) is 10.6. The van der Waals surface area contributed by atoms with Crippen LogP contribution in [0.15, 0.2) is 0 Å². The van der Waals surface area contributed by atoms with Gasteiger partial charge in [0.05, 0.1) is 13.2 Å². The first-order chi connectivity index (χ1) is 6.65. The Kier molecular flexibility index (Phi) is 4.35. The van der Waals surface area contributed by atoms with Crippen LogP contribution in [0.5, 0.6) is 0 Å². The Morgan fingerprint density at radius 3 is 2.36 bits per heavy atom. The molecule has 3 heteroatoms. The third-order valence-corrected chi connectivity index (χ3v) is 3.69. The van der Waals surface area contributed by atoms with Crippen LogP contribution in [0.3, 0.4) is 0 Å². The molecule has 2 unspecified atom stereocenters. The molecular formula is C11H24N2O. The molecule has 1 heterocycles. The molecule has 2 N–H and O–H groups in total. The van der Waals surface area contributed by atoms with E-state index in [0.29, 0.717) is 0 Å². The maximum absolute atomic E-state index is 6.21. The molecule has 14 heavy (non-hydrogen) atoms. The Bertz CT molecular complexity index is 169. The molecule has 0 aromatic carbocycles. The molecule has 0 aliphatic carbocycles. The number of ether oxygens (including phenoxy) is 1. The van der Waals surface area contributed by atoms with Crippen LogP contribution in [-0.4, -0.2) is 42.8 Å². The fourth-order valence-electron chi connectivity index (χ4n) is 2.23. The highest BCUT2D eigenvalue weighted by Gasteiger charge is 2.35. The Morgan fingerprint density at radius 2 is 1.93 bits per heavy atom. The third-order valence-electron chi connectivity index (χ3n) is 3.69. The highest BCUT2D eigenvalue weighted by molar-refractivity contribution is 4.94. The molecule has 1 fully saturated rings. The summed E-state index contributed by atoms with van der Waals surface area (Å²) in [4.78, 5) is 2.49. The van der Waals surface area contributed by atoms with Gasteiger partial charge >= 0.3 is 0 Å². The minimum absolute atomic E-state index is 0.151. The number of hydrogen-bond acceptors (Lipinski definition) is 3. The minimum Gasteiger partial charge on any atom is -0.379 e. The van der Waals surface area contributed by atoms with E-state index in [4.69, 9.17) is 10.5 Å². The molecule has 0 aromatic rings. The molecule has 0 amide bonds. The van der Waals surface area contributed by atoms with E-state index < -0.39 is 0 Å². The lowest BCUT2D eigenvalue weighted by atomic mass is 9.86. The molecular weight excluding hydrogens is 176 g/mol. The lowest BCUT2D eigenvalue weighted by Gasteiger charge is -2.46. The Labute approximate surface area is 87.6 Å². The normalized spacial score (nSPS) is 25.7. The van der Waals surface area contributed by atoms with Crippen LogP contribution >= 0.6 is 0 Å². The molecule has 0 radical (unpaired) electrons. The van der Waals surface area contributed by atoms with Gasteiger partial charge in [-0.1, -0.05) is 13.8 Å². The van der Waals surface area contributed by atoms with Crippen molar-refractivity contribution >= 4 is 0 Å². The molecule has 3 nitrogen and oxygen atoms in total. The van der Waals surface area contributed by atoms with Gasteiger partial charge in [-0.3, -0.25) is 4.90 Å². The second-order valence-corrected chi connectivity index (χ2v) is 4.32. The van der Waals surface area contributed by atoms with E-state index in [1.54, 1.807) is 0 Å². The summed E-state index contributed by atoms with van der Waals surface area (Å²) >= 11 is 0. The fraction of sp³-hybridized carbons (Fsp3) is 1.00. The van der Waals surface area contributed by atoms with Crippen molar-refractivity contribution in [3.8, 4) is 0 Å². The van der Waals surface area contributed by atoms with Gasteiger partial charge in [0.1, 0.15) is 0 Å². The predicted molar refractivity (Wildman–Crippen MR) is 59.4 cm³/mol. The van der Waals surface area contributed by atoms with Crippen molar-refractivity contribution in [1.82, 2.24) is 4.90 Å². The second-order valence-electron chi connectivity index (χ2n) is 4.32. The van der Waals surface area contributed by atoms with Crippen molar-refractivity contribution in [2.45, 2.75) is 45.2 Å². The van der Waals surface area contributed by atoms with E-state index in [1.807, 2.05) is 0 Å². The molecule has 1 rings (SSSR count). The van der Waals surface area contributed by atoms with Crippen LogP contribution in [-0.2, 0) is 4.74 Å². The van der Waals surface area contributed by atoms with Crippen LogP contribution in [0, 0.1) is 0 Å². The maximum atomic E-state index is 6.21. The van der Waals surface area contributed by atoms with E-state index >= 15 is 0 Å². The summed E-state index contributed by atoms with van der Waals surface area (Å²) in [5.41, 5.74) is 6.36. The summed E-state index contributed by atoms with van der Waals surface area (Å²) in [6.45, 7) is 10.4. The average molecular weight is 200 g/mol. The minimum atomic E-state index is 0.151. The third kappa shape index (κ3) is 2.27. The quantitative estimate of drug-likeness (QED) is 0.741. The van der Waals surface area contributed by atoms with Crippen molar-refractivity contribution in [1.29, 1.82) is 0 Å². The first kappa shape index (κ1) is 12.0. The van der Waals surface area contributed by atoms with Gasteiger partial charge in [-0.2, -0.15) is 0 Å². The molecule has 0 spiro atoms. The number of nitrogens with two attached hydrogens (primary N) is 1. The average Bonchev–Trinajstić information content (AvgIpc) is 2.28.